The van der Waals surface area contributed by atoms with Crippen molar-refractivity contribution in [3.8, 4) is 22.5 Å². The van der Waals surface area contributed by atoms with Gasteiger partial charge < -0.3 is 9.64 Å². The molecule has 0 saturated heterocycles. The van der Waals surface area contributed by atoms with E-state index >= 15 is 0 Å². The second-order valence-electron chi connectivity index (χ2n) is 8.13. The zero-order valence-electron chi connectivity index (χ0n) is 19.3. The number of fused-ring (bicyclic) bond motifs is 1. The third-order valence-electron chi connectivity index (χ3n) is 5.46. The lowest BCUT2D eigenvalue weighted by Gasteiger charge is -2.11. The van der Waals surface area contributed by atoms with Crippen LogP contribution in [0.5, 0.6) is 0 Å². The first-order valence-electron chi connectivity index (χ1n) is 10.9. The number of rotatable bonds is 8. The Labute approximate surface area is 196 Å². The predicted octanol–water partition coefficient (Wildman–Crippen LogP) is 2.75. The van der Waals surface area contributed by atoms with Gasteiger partial charge in [-0.05, 0) is 23.8 Å². The smallest absolute Gasteiger partial charge is 0.178 e. The quantitative estimate of drug-likeness (QED) is 0.352. The van der Waals surface area contributed by atoms with E-state index in [0.29, 0.717) is 25.4 Å². The second kappa shape index (κ2) is 9.36. The molecular formula is C24H25N9O. The fourth-order valence-electron chi connectivity index (χ4n) is 3.62. The van der Waals surface area contributed by atoms with Crippen molar-refractivity contribution >= 4 is 11.5 Å². The van der Waals surface area contributed by atoms with E-state index in [4.69, 9.17) is 4.74 Å². The summed E-state index contributed by atoms with van der Waals surface area (Å²) in [5.41, 5.74) is 4.63. The summed E-state index contributed by atoms with van der Waals surface area (Å²) in [6.07, 6.45) is 8.03. The molecule has 0 fully saturated rings. The molecule has 0 aliphatic heterocycles. The summed E-state index contributed by atoms with van der Waals surface area (Å²) >= 11 is 0. The van der Waals surface area contributed by atoms with Gasteiger partial charge in [-0.2, -0.15) is 9.61 Å². The molecule has 0 saturated carbocycles. The maximum atomic E-state index is 5.10. The summed E-state index contributed by atoms with van der Waals surface area (Å²) in [6.45, 7) is 1.32. The van der Waals surface area contributed by atoms with Crippen LogP contribution in [-0.2, 0) is 17.7 Å². The summed E-state index contributed by atoms with van der Waals surface area (Å²) in [5, 5.41) is 17.6. The average Bonchev–Trinajstić information content (AvgIpc) is 3.50. The van der Waals surface area contributed by atoms with Crippen molar-refractivity contribution in [2.45, 2.75) is 13.0 Å². The Morgan fingerprint density at radius 1 is 0.941 bits per heavy atom. The van der Waals surface area contributed by atoms with Crippen LogP contribution in [0.3, 0.4) is 0 Å². The maximum absolute atomic E-state index is 5.10. The molecule has 10 nitrogen and oxygen atoms in total. The van der Waals surface area contributed by atoms with E-state index in [1.165, 1.54) is 0 Å². The van der Waals surface area contributed by atoms with Crippen molar-refractivity contribution in [2.24, 2.45) is 0 Å². The highest BCUT2D eigenvalue weighted by atomic mass is 16.5. The number of hydrogen-bond acceptors (Lipinski definition) is 8. The lowest BCUT2D eigenvalue weighted by molar-refractivity contribution is 0.183. The second-order valence-corrected chi connectivity index (χ2v) is 8.13. The minimum Gasteiger partial charge on any atom is -0.383 e. The summed E-state index contributed by atoms with van der Waals surface area (Å²) < 4.78 is 8.74. The van der Waals surface area contributed by atoms with Crippen LogP contribution in [0.4, 0.5) is 5.82 Å². The number of benzene rings is 1. The number of ether oxygens (including phenoxy) is 1. The Kier molecular flexibility index (Phi) is 5.96. The van der Waals surface area contributed by atoms with Gasteiger partial charge in [-0.3, -0.25) is 4.68 Å². The van der Waals surface area contributed by atoms with Crippen LogP contribution in [0.2, 0.25) is 0 Å². The van der Waals surface area contributed by atoms with Gasteiger partial charge in [0.1, 0.15) is 5.82 Å². The third kappa shape index (κ3) is 4.48. The molecule has 0 N–H and O–H groups in total. The number of anilines is 1. The van der Waals surface area contributed by atoms with Gasteiger partial charge in [0, 0.05) is 62.9 Å². The minimum atomic E-state index is 0.595. The largest absolute Gasteiger partial charge is 0.383 e. The van der Waals surface area contributed by atoms with Gasteiger partial charge in [0.2, 0.25) is 0 Å². The molecule has 1 aromatic carbocycles. The molecule has 34 heavy (non-hydrogen) atoms. The van der Waals surface area contributed by atoms with Crippen molar-refractivity contribution in [1.82, 2.24) is 39.6 Å². The molecule has 0 bridgehead atoms. The summed E-state index contributed by atoms with van der Waals surface area (Å²) in [4.78, 5) is 11.1. The lowest BCUT2D eigenvalue weighted by atomic mass is 10.1. The van der Waals surface area contributed by atoms with Crippen molar-refractivity contribution in [3.05, 3.63) is 72.6 Å². The standard InChI is InChI=1S/C24H25N9O/c1-31(2)22-8-7-21-28-29-23(33(21)30-22)12-17-5-4-6-18(11-17)24-25-13-19(14-26-24)20-15-27-32(16-20)9-10-34-3/h4-8,11,13-16H,9-10,12H2,1-3H3. The Bertz CT molecular complexity index is 1410. The molecule has 0 unspecified atom stereocenters. The van der Waals surface area contributed by atoms with E-state index in [1.54, 1.807) is 11.6 Å². The molecule has 0 spiro atoms. The highest BCUT2D eigenvalue weighted by Gasteiger charge is 2.11. The van der Waals surface area contributed by atoms with Crippen molar-refractivity contribution in [2.75, 3.05) is 32.7 Å². The molecule has 0 amide bonds. The maximum Gasteiger partial charge on any atom is 0.178 e. The van der Waals surface area contributed by atoms with E-state index in [1.807, 2.05) is 72.7 Å². The van der Waals surface area contributed by atoms with E-state index < -0.39 is 0 Å². The summed E-state index contributed by atoms with van der Waals surface area (Å²) in [7, 11) is 5.60. The van der Waals surface area contributed by atoms with Crippen LogP contribution in [0.1, 0.15) is 11.4 Å². The lowest BCUT2D eigenvalue weighted by Crippen LogP contribution is -2.13. The van der Waals surface area contributed by atoms with Crippen LogP contribution in [-0.4, -0.2) is 67.4 Å². The van der Waals surface area contributed by atoms with Gasteiger partial charge in [-0.25, -0.2) is 9.97 Å². The van der Waals surface area contributed by atoms with Crippen molar-refractivity contribution in [3.63, 3.8) is 0 Å². The first-order chi connectivity index (χ1) is 16.6. The normalized spacial score (nSPS) is 11.3. The monoisotopic (exact) mass is 455 g/mol. The summed E-state index contributed by atoms with van der Waals surface area (Å²) in [6, 6.07) is 12.0. The molecule has 0 radical (unpaired) electrons. The molecule has 10 heteroatoms. The molecule has 5 aromatic rings. The van der Waals surface area contributed by atoms with E-state index in [2.05, 4.69) is 42.5 Å². The third-order valence-corrected chi connectivity index (χ3v) is 5.46. The first kappa shape index (κ1) is 21.7. The van der Waals surface area contributed by atoms with Gasteiger partial charge in [0.15, 0.2) is 17.3 Å². The molecule has 172 valence electrons. The average molecular weight is 456 g/mol. The Morgan fingerprint density at radius 2 is 1.79 bits per heavy atom. The SMILES string of the molecule is COCCn1cc(-c2cnc(-c3cccc(Cc4nnc5ccc(N(C)C)nn45)c3)nc2)cn1. The Hall–Kier alpha value is -4.18. The highest BCUT2D eigenvalue weighted by Crippen LogP contribution is 2.22. The van der Waals surface area contributed by atoms with Crippen LogP contribution < -0.4 is 4.90 Å². The molecule has 5 rings (SSSR count). The molecule has 4 aromatic heterocycles. The van der Waals surface area contributed by atoms with Gasteiger partial charge in [-0.15, -0.1) is 15.3 Å². The number of methoxy groups -OCH3 is 1. The molecule has 4 heterocycles. The highest BCUT2D eigenvalue weighted by molar-refractivity contribution is 5.62. The molecule has 0 aliphatic rings. The number of nitrogens with zero attached hydrogens (tertiary/aromatic N) is 9. The Balaban J connectivity index is 1.36. The number of aromatic nitrogens is 8. The molecule has 0 aliphatic carbocycles. The minimum absolute atomic E-state index is 0.595. The van der Waals surface area contributed by atoms with Gasteiger partial charge in [0.05, 0.1) is 19.3 Å². The zero-order chi connectivity index (χ0) is 23.5. The van der Waals surface area contributed by atoms with Crippen LogP contribution >= 0.6 is 0 Å². The van der Waals surface area contributed by atoms with E-state index in [0.717, 1.165) is 39.5 Å². The number of hydrogen-bond donors (Lipinski definition) is 0. The molecule has 0 atom stereocenters. The van der Waals surface area contributed by atoms with Crippen LogP contribution in [0, 0.1) is 0 Å². The predicted molar refractivity (Wildman–Crippen MR) is 128 cm³/mol. The van der Waals surface area contributed by atoms with Gasteiger partial charge in [-0.1, -0.05) is 18.2 Å². The van der Waals surface area contributed by atoms with Crippen molar-refractivity contribution < 1.29 is 4.74 Å². The van der Waals surface area contributed by atoms with Gasteiger partial charge >= 0.3 is 0 Å². The zero-order valence-corrected chi connectivity index (χ0v) is 19.3. The Morgan fingerprint density at radius 3 is 2.59 bits per heavy atom. The molecular weight excluding hydrogens is 430 g/mol. The van der Waals surface area contributed by atoms with Gasteiger partial charge in [0.25, 0.3) is 0 Å². The van der Waals surface area contributed by atoms with E-state index in [9.17, 15) is 0 Å². The fourth-order valence-corrected chi connectivity index (χ4v) is 3.62. The summed E-state index contributed by atoms with van der Waals surface area (Å²) in [5.74, 6) is 2.29. The van der Waals surface area contributed by atoms with Crippen molar-refractivity contribution in [1.29, 1.82) is 0 Å². The van der Waals surface area contributed by atoms with E-state index in [-0.39, 0.29) is 0 Å². The first-order valence-corrected chi connectivity index (χ1v) is 10.9. The fraction of sp³-hybridized carbons (Fsp3) is 0.250. The van der Waals surface area contributed by atoms with Crippen LogP contribution in [0.25, 0.3) is 28.2 Å². The topological polar surface area (TPSA) is 99.2 Å². The van der Waals surface area contributed by atoms with Crippen LogP contribution in [0.15, 0.2) is 61.2 Å².